The molecule has 0 aromatic heterocycles. The third-order valence-electron chi connectivity index (χ3n) is 3.44. The number of anilines is 1. The fourth-order valence-electron chi connectivity index (χ4n) is 2.23. The van der Waals surface area contributed by atoms with Gasteiger partial charge in [0, 0.05) is 17.3 Å². The van der Waals surface area contributed by atoms with Crippen molar-refractivity contribution in [2.45, 2.75) is 6.04 Å². The van der Waals surface area contributed by atoms with Crippen LogP contribution in [0.2, 0.25) is 0 Å². The number of aliphatic carboxylic acids is 1. The first kappa shape index (κ1) is 20.1. The van der Waals surface area contributed by atoms with Gasteiger partial charge in [-0.1, -0.05) is 12.1 Å². The van der Waals surface area contributed by atoms with E-state index in [1.54, 1.807) is 42.5 Å². The summed E-state index contributed by atoms with van der Waals surface area (Å²) in [6, 6.07) is 10.6. The van der Waals surface area contributed by atoms with Crippen LogP contribution < -0.4 is 20.5 Å². The van der Waals surface area contributed by atoms with Crippen LogP contribution in [-0.4, -0.2) is 31.1 Å². The minimum atomic E-state index is -1.06. The van der Waals surface area contributed by atoms with Crippen molar-refractivity contribution in [3.63, 3.8) is 0 Å². The zero-order chi connectivity index (χ0) is 17.7. The van der Waals surface area contributed by atoms with E-state index in [0.29, 0.717) is 28.3 Å². The summed E-state index contributed by atoms with van der Waals surface area (Å²) in [6.45, 7) is 0. The average molecular weight is 366 g/mol. The number of rotatable bonds is 7. The van der Waals surface area contributed by atoms with Crippen LogP contribution in [0.4, 0.5) is 5.69 Å². The Labute approximate surface area is 151 Å². The second-order valence-electron chi connectivity index (χ2n) is 5.06. The van der Waals surface area contributed by atoms with Crippen molar-refractivity contribution in [3.05, 3.63) is 53.6 Å². The minimum absolute atomic E-state index is 0. The normalized spacial score (nSPS) is 11.0. The highest BCUT2D eigenvalue weighted by molar-refractivity contribution is 5.96. The van der Waals surface area contributed by atoms with Gasteiger partial charge in [-0.25, -0.2) is 4.79 Å². The minimum Gasteiger partial charge on any atom is -0.497 e. The Bertz CT molecular complexity index is 745. The van der Waals surface area contributed by atoms with Gasteiger partial charge in [0.15, 0.2) is 6.04 Å². The Kier molecular flexibility index (Phi) is 7.07. The maximum atomic E-state index is 11.7. The van der Waals surface area contributed by atoms with Gasteiger partial charge in [-0.05, 0) is 29.8 Å². The number of hydrogen-bond acceptors (Lipinski definition) is 5. The van der Waals surface area contributed by atoms with Gasteiger partial charge in [-0.3, -0.25) is 5.41 Å². The van der Waals surface area contributed by atoms with Crippen molar-refractivity contribution in [1.82, 2.24) is 0 Å². The molecule has 1 atom stereocenters. The summed E-state index contributed by atoms with van der Waals surface area (Å²) in [6.07, 6.45) is 0. The molecular weight excluding hydrogens is 346 g/mol. The van der Waals surface area contributed by atoms with E-state index in [2.05, 4.69) is 5.32 Å². The zero-order valence-electron chi connectivity index (χ0n) is 13.8. The number of amidine groups is 1. The predicted molar refractivity (Wildman–Crippen MR) is 98.3 cm³/mol. The van der Waals surface area contributed by atoms with Crippen LogP contribution >= 0.6 is 12.4 Å². The maximum absolute atomic E-state index is 11.7. The summed E-state index contributed by atoms with van der Waals surface area (Å²) < 4.78 is 10.4. The smallest absolute Gasteiger partial charge is 0.330 e. The fraction of sp³-hybridized carbons (Fsp3) is 0.176. The monoisotopic (exact) mass is 365 g/mol. The Hall–Kier alpha value is -2.93. The lowest BCUT2D eigenvalue weighted by Gasteiger charge is -2.18. The number of carbonyl (C=O) groups is 1. The van der Waals surface area contributed by atoms with Gasteiger partial charge < -0.3 is 25.6 Å². The molecule has 0 spiro atoms. The first-order valence-electron chi connectivity index (χ1n) is 7.11. The van der Waals surface area contributed by atoms with E-state index in [9.17, 15) is 9.90 Å². The number of methoxy groups -OCH3 is 2. The summed E-state index contributed by atoms with van der Waals surface area (Å²) in [5, 5.41) is 20.0. The Morgan fingerprint density at radius 3 is 2.24 bits per heavy atom. The van der Waals surface area contributed by atoms with Crippen LogP contribution in [0.5, 0.6) is 11.5 Å². The standard InChI is InChI=1S/C17H19N3O4.ClH/c1-23-13-7-11(8-14(9-13)24-2)15(17(21)22)20-12-5-3-4-10(6-12)16(18)19;/h3-9,15,20H,1-2H3,(H3,18,19)(H,21,22);1H. The van der Waals surface area contributed by atoms with Gasteiger partial charge in [0.2, 0.25) is 0 Å². The molecule has 0 radical (unpaired) electrons. The number of carboxylic acids is 1. The number of ether oxygens (including phenoxy) is 2. The molecule has 5 N–H and O–H groups in total. The number of hydrogen-bond donors (Lipinski definition) is 4. The topological polar surface area (TPSA) is 118 Å². The molecule has 0 aliphatic heterocycles. The molecule has 2 aromatic rings. The van der Waals surface area contributed by atoms with Gasteiger partial charge in [-0.15, -0.1) is 12.4 Å². The molecule has 0 heterocycles. The Morgan fingerprint density at radius 2 is 1.76 bits per heavy atom. The molecule has 8 heteroatoms. The third kappa shape index (κ3) is 5.02. The molecular formula is C17H20ClN3O4. The lowest BCUT2D eigenvalue weighted by atomic mass is 10.0. The maximum Gasteiger partial charge on any atom is 0.330 e. The van der Waals surface area contributed by atoms with Crippen LogP contribution in [-0.2, 0) is 4.79 Å². The first-order chi connectivity index (χ1) is 11.4. The summed E-state index contributed by atoms with van der Waals surface area (Å²) in [4.78, 5) is 11.7. The molecule has 0 saturated carbocycles. The van der Waals surface area contributed by atoms with E-state index in [1.165, 1.54) is 14.2 Å². The lowest BCUT2D eigenvalue weighted by Crippen LogP contribution is -2.21. The number of benzene rings is 2. The van der Waals surface area contributed by atoms with Gasteiger partial charge in [0.25, 0.3) is 0 Å². The molecule has 7 nitrogen and oxygen atoms in total. The van der Waals surface area contributed by atoms with Gasteiger partial charge >= 0.3 is 5.97 Å². The van der Waals surface area contributed by atoms with Crippen LogP contribution in [0.15, 0.2) is 42.5 Å². The van der Waals surface area contributed by atoms with Crippen molar-refractivity contribution in [3.8, 4) is 11.5 Å². The van der Waals surface area contributed by atoms with Crippen LogP contribution in [0.1, 0.15) is 17.2 Å². The molecule has 1 unspecified atom stereocenters. The van der Waals surface area contributed by atoms with Crippen LogP contribution in [0.25, 0.3) is 0 Å². The number of halogens is 1. The number of nitrogen functional groups attached to an aromatic ring is 1. The quantitative estimate of drug-likeness (QED) is 0.442. The first-order valence-corrected chi connectivity index (χ1v) is 7.11. The van der Waals surface area contributed by atoms with Crippen LogP contribution in [0.3, 0.4) is 0 Å². The predicted octanol–water partition coefficient (Wildman–Crippen LogP) is 2.65. The number of carboxylic acid groups (broad SMARTS) is 1. The van der Waals surface area contributed by atoms with Crippen molar-refractivity contribution in [1.29, 1.82) is 5.41 Å². The SMILES string of the molecule is COc1cc(OC)cc(C(Nc2cccc(C(=N)N)c2)C(=O)O)c1.Cl. The van der Waals surface area contributed by atoms with E-state index in [4.69, 9.17) is 20.6 Å². The second-order valence-corrected chi connectivity index (χ2v) is 5.06. The highest BCUT2D eigenvalue weighted by Crippen LogP contribution is 2.29. The van der Waals surface area contributed by atoms with Gasteiger partial charge in [-0.2, -0.15) is 0 Å². The Morgan fingerprint density at radius 1 is 1.16 bits per heavy atom. The number of nitrogens with two attached hydrogens (primary N) is 1. The molecule has 2 aromatic carbocycles. The molecule has 0 aliphatic rings. The summed E-state index contributed by atoms with van der Waals surface area (Å²) in [5.41, 5.74) is 6.99. The zero-order valence-corrected chi connectivity index (χ0v) is 14.6. The number of nitrogens with one attached hydrogen (secondary N) is 2. The van der Waals surface area contributed by atoms with E-state index < -0.39 is 12.0 Å². The van der Waals surface area contributed by atoms with Crippen molar-refractivity contribution >= 4 is 29.9 Å². The molecule has 0 saturated heterocycles. The molecule has 25 heavy (non-hydrogen) atoms. The molecule has 0 amide bonds. The van der Waals surface area contributed by atoms with Crippen molar-refractivity contribution < 1.29 is 19.4 Å². The van der Waals surface area contributed by atoms with E-state index in [-0.39, 0.29) is 18.2 Å². The Balaban J connectivity index is 0.00000312. The highest BCUT2D eigenvalue weighted by Gasteiger charge is 2.21. The molecule has 2 rings (SSSR count). The summed E-state index contributed by atoms with van der Waals surface area (Å²) in [7, 11) is 3.00. The largest absolute Gasteiger partial charge is 0.497 e. The highest BCUT2D eigenvalue weighted by atomic mass is 35.5. The average Bonchev–Trinajstić information content (AvgIpc) is 2.59. The van der Waals surface area contributed by atoms with E-state index >= 15 is 0 Å². The third-order valence-corrected chi connectivity index (χ3v) is 3.44. The van der Waals surface area contributed by atoms with Crippen LogP contribution in [0, 0.1) is 5.41 Å². The van der Waals surface area contributed by atoms with Gasteiger partial charge in [0.1, 0.15) is 17.3 Å². The second kappa shape index (κ2) is 8.79. The lowest BCUT2D eigenvalue weighted by molar-refractivity contribution is -0.138. The molecule has 0 aliphatic carbocycles. The summed E-state index contributed by atoms with van der Waals surface area (Å²) in [5.74, 6) is -0.156. The van der Waals surface area contributed by atoms with Crippen molar-refractivity contribution in [2.24, 2.45) is 5.73 Å². The van der Waals surface area contributed by atoms with E-state index in [0.717, 1.165) is 0 Å². The molecule has 0 bridgehead atoms. The molecule has 0 fully saturated rings. The van der Waals surface area contributed by atoms with E-state index in [1.807, 2.05) is 0 Å². The fourth-order valence-corrected chi connectivity index (χ4v) is 2.23. The molecule has 134 valence electrons. The van der Waals surface area contributed by atoms with Crippen molar-refractivity contribution in [2.75, 3.05) is 19.5 Å². The summed E-state index contributed by atoms with van der Waals surface area (Å²) >= 11 is 0. The van der Waals surface area contributed by atoms with Gasteiger partial charge in [0.05, 0.1) is 14.2 Å².